The summed E-state index contributed by atoms with van der Waals surface area (Å²) < 4.78 is 0. The zero-order valence-corrected chi connectivity index (χ0v) is 11.3. The molecular formula is C12H23N3O3. The number of nitrogens with one attached hydrogen (secondary N) is 2. The first-order chi connectivity index (χ1) is 8.54. The van der Waals surface area contributed by atoms with Gasteiger partial charge in [0.05, 0.1) is 0 Å². The number of carbonyl (C=O) groups excluding carboxylic acids is 1. The molecule has 104 valence electrons. The minimum absolute atomic E-state index is 0.218. The van der Waals surface area contributed by atoms with Gasteiger partial charge < -0.3 is 15.7 Å². The predicted molar refractivity (Wildman–Crippen MR) is 71.0 cm³/mol. The zero-order chi connectivity index (χ0) is 14.0. The van der Waals surface area contributed by atoms with Crippen LogP contribution < -0.4 is 10.6 Å². The summed E-state index contributed by atoms with van der Waals surface area (Å²) in [7, 11) is 3.38. The van der Waals surface area contributed by atoms with Crippen molar-refractivity contribution in [3.8, 4) is 0 Å². The van der Waals surface area contributed by atoms with Crippen LogP contribution in [0.1, 0.15) is 32.6 Å². The highest BCUT2D eigenvalue weighted by atomic mass is 16.4. The average Bonchev–Trinajstić information content (AvgIpc) is 2.34. The van der Waals surface area contributed by atoms with Crippen LogP contribution in [-0.4, -0.2) is 49.4 Å². The van der Waals surface area contributed by atoms with Gasteiger partial charge in [0.2, 0.25) is 5.91 Å². The summed E-state index contributed by atoms with van der Waals surface area (Å²) in [5, 5.41) is 14.5. The molecule has 0 heterocycles. The van der Waals surface area contributed by atoms with E-state index in [1.54, 1.807) is 14.1 Å². The van der Waals surface area contributed by atoms with Crippen molar-refractivity contribution in [1.29, 1.82) is 0 Å². The van der Waals surface area contributed by atoms with Crippen molar-refractivity contribution in [2.24, 2.45) is 4.99 Å². The number of carboxylic acid groups (broad SMARTS) is 1. The molecule has 0 saturated carbocycles. The highest BCUT2D eigenvalue weighted by Crippen LogP contribution is 1.99. The minimum Gasteiger partial charge on any atom is -0.480 e. The number of hydrogen-bond acceptors (Lipinski definition) is 4. The number of nitrogens with zero attached hydrogens (tertiary/aromatic N) is 1. The van der Waals surface area contributed by atoms with Gasteiger partial charge >= 0.3 is 5.97 Å². The number of aliphatic imine (C=N–C) groups is 1. The first kappa shape index (κ1) is 16.6. The number of rotatable bonds is 9. The first-order valence-corrected chi connectivity index (χ1v) is 6.16. The number of aliphatic carboxylic acids is 1. The lowest BCUT2D eigenvalue weighted by Gasteiger charge is -2.15. The third-order valence-corrected chi connectivity index (χ3v) is 2.53. The van der Waals surface area contributed by atoms with E-state index in [0.717, 1.165) is 18.6 Å². The number of carboxylic acids is 1. The quantitative estimate of drug-likeness (QED) is 0.522. The summed E-state index contributed by atoms with van der Waals surface area (Å²) in [5.41, 5.74) is 0.723. The van der Waals surface area contributed by atoms with Crippen LogP contribution in [0.3, 0.4) is 0 Å². The van der Waals surface area contributed by atoms with Gasteiger partial charge in [0, 0.05) is 32.1 Å². The van der Waals surface area contributed by atoms with Crippen molar-refractivity contribution in [3.05, 3.63) is 0 Å². The summed E-state index contributed by atoms with van der Waals surface area (Å²) >= 11 is 0. The zero-order valence-electron chi connectivity index (χ0n) is 11.3. The Bertz CT molecular complexity index is 303. The highest BCUT2D eigenvalue weighted by Gasteiger charge is 2.21. The van der Waals surface area contributed by atoms with E-state index in [1.165, 1.54) is 0 Å². The van der Waals surface area contributed by atoms with E-state index in [2.05, 4.69) is 15.6 Å². The molecule has 0 aromatic heterocycles. The lowest BCUT2D eigenvalue weighted by Crippen LogP contribution is -2.43. The molecule has 0 aromatic rings. The smallest absolute Gasteiger partial charge is 0.326 e. The number of amides is 1. The Balaban J connectivity index is 4.39. The third-order valence-electron chi connectivity index (χ3n) is 2.53. The maximum absolute atomic E-state index is 11.5. The van der Waals surface area contributed by atoms with Crippen molar-refractivity contribution < 1.29 is 14.7 Å². The van der Waals surface area contributed by atoms with E-state index in [9.17, 15) is 9.59 Å². The minimum atomic E-state index is -1.03. The maximum atomic E-state index is 11.5. The molecule has 0 radical (unpaired) electrons. The van der Waals surface area contributed by atoms with Gasteiger partial charge in [0.1, 0.15) is 6.04 Å². The van der Waals surface area contributed by atoms with Crippen molar-refractivity contribution >= 4 is 17.6 Å². The Morgan fingerprint density at radius 3 is 2.50 bits per heavy atom. The molecule has 0 aliphatic rings. The molecule has 1 unspecified atom stereocenters. The summed E-state index contributed by atoms with van der Waals surface area (Å²) in [6, 6.07) is -0.901. The molecule has 1 amide bonds. The van der Waals surface area contributed by atoms with Crippen LogP contribution in [0.5, 0.6) is 0 Å². The Morgan fingerprint density at radius 1 is 1.39 bits per heavy atom. The van der Waals surface area contributed by atoms with E-state index < -0.39 is 12.0 Å². The normalized spacial score (nSPS) is 13.2. The lowest BCUT2D eigenvalue weighted by molar-refractivity contribution is -0.141. The third kappa shape index (κ3) is 7.01. The highest BCUT2D eigenvalue weighted by molar-refractivity contribution is 5.93. The molecule has 0 aromatic carbocycles. The van der Waals surface area contributed by atoms with E-state index in [1.807, 2.05) is 6.92 Å². The van der Waals surface area contributed by atoms with Crippen molar-refractivity contribution in [2.45, 2.75) is 38.6 Å². The van der Waals surface area contributed by atoms with Crippen LogP contribution in [0.25, 0.3) is 0 Å². The monoisotopic (exact) mass is 257 g/mol. The number of carbonyl (C=O) groups is 2. The molecule has 0 saturated heterocycles. The van der Waals surface area contributed by atoms with Crippen molar-refractivity contribution in [1.82, 2.24) is 10.6 Å². The fourth-order valence-corrected chi connectivity index (χ4v) is 1.49. The molecule has 0 spiro atoms. The molecule has 6 nitrogen and oxygen atoms in total. The van der Waals surface area contributed by atoms with Gasteiger partial charge in [-0.25, -0.2) is 4.79 Å². The van der Waals surface area contributed by atoms with Crippen LogP contribution in [0.15, 0.2) is 4.99 Å². The van der Waals surface area contributed by atoms with Gasteiger partial charge in [0.15, 0.2) is 0 Å². The van der Waals surface area contributed by atoms with E-state index >= 15 is 0 Å². The second-order valence-electron chi connectivity index (χ2n) is 4.09. The van der Waals surface area contributed by atoms with Crippen LogP contribution in [0.4, 0.5) is 0 Å². The fraction of sp³-hybridized carbons (Fsp3) is 0.750. The van der Waals surface area contributed by atoms with Gasteiger partial charge in [-0.15, -0.1) is 0 Å². The molecule has 0 bridgehead atoms. The van der Waals surface area contributed by atoms with Gasteiger partial charge in [-0.3, -0.25) is 9.79 Å². The molecular weight excluding hydrogens is 234 g/mol. The molecule has 18 heavy (non-hydrogen) atoms. The Morgan fingerprint density at radius 2 is 2.06 bits per heavy atom. The molecule has 0 rings (SSSR count). The predicted octanol–water partition coefficient (Wildman–Crippen LogP) is 0.426. The molecule has 0 fully saturated rings. The SMILES string of the molecule is CCCCC(=O)NC(CC(CNC)=NC)C(=O)O. The van der Waals surface area contributed by atoms with Gasteiger partial charge in [-0.2, -0.15) is 0 Å². The van der Waals surface area contributed by atoms with Crippen LogP contribution in [0, 0.1) is 0 Å². The van der Waals surface area contributed by atoms with Crippen molar-refractivity contribution in [3.63, 3.8) is 0 Å². The molecule has 1 atom stereocenters. The average molecular weight is 257 g/mol. The largest absolute Gasteiger partial charge is 0.480 e. The summed E-state index contributed by atoms with van der Waals surface area (Å²) in [5.74, 6) is -1.25. The molecule has 3 N–H and O–H groups in total. The first-order valence-electron chi connectivity index (χ1n) is 6.16. The van der Waals surface area contributed by atoms with Gasteiger partial charge in [-0.05, 0) is 13.5 Å². The number of hydrogen-bond donors (Lipinski definition) is 3. The Hall–Kier alpha value is -1.43. The molecule has 0 aliphatic heterocycles. The summed E-state index contributed by atoms with van der Waals surface area (Å²) in [6.07, 6.45) is 2.27. The summed E-state index contributed by atoms with van der Waals surface area (Å²) in [6.45, 7) is 2.50. The molecule has 0 aliphatic carbocycles. The standard InChI is InChI=1S/C12H23N3O3/c1-4-5-6-11(16)15-10(12(17)18)7-9(14-3)8-13-2/h10,13H,4-8H2,1-3H3,(H,15,16)(H,17,18). The van der Waals surface area contributed by atoms with E-state index in [4.69, 9.17) is 5.11 Å². The van der Waals surface area contributed by atoms with Crippen LogP contribution in [0.2, 0.25) is 0 Å². The fourth-order valence-electron chi connectivity index (χ4n) is 1.49. The van der Waals surface area contributed by atoms with Crippen LogP contribution in [-0.2, 0) is 9.59 Å². The Kier molecular flexibility index (Phi) is 8.82. The van der Waals surface area contributed by atoms with Gasteiger partial charge in [0.25, 0.3) is 0 Å². The second kappa shape index (κ2) is 9.58. The maximum Gasteiger partial charge on any atom is 0.326 e. The lowest BCUT2D eigenvalue weighted by atomic mass is 10.1. The van der Waals surface area contributed by atoms with Gasteiger partial charge in [-0.1, -0.05) is 13.3 Å². The molecule has 6 heteroatoms. The second-order valence-corrected chi connectivity index (χ2v) is 4.09. The van der Waals surface area contributed by atoms with Crippen molar-refractivity contribution in [2.75, 3.05) is 20.6 Å². The Labute approximate surface area is 108 Å². The summed E-state index contributed by atoms with van der Waals surface area (Å²) in [4.78, 5) is 26.6. The topological polar surface area (TPSA) is 90.8 Å². The number of unbranched alkanes of at least 4 members (excludes halogenated alkanes) is 1. The van der Waals surface area contributed by atoms with E-state index in [0.29, 0.717) is 13.0 Å². The van der Waals surface area contributed by atoms with E-state index in [-0.39, 0.29) is 12.3 Å². The van der Waals surface area contributed by atoms with Crippen LogP contribution >= 0.6 is 0 Å².